The monoisotopic (exact) mass is 311 g/mol. The number of unbranched alkanes of at least 4 members (excludes halogenated alkanes) is 1. The Kier molecular flexibility index (Phi) is 9.01. The van der Waals surface area contributed by atoms with Gasteiger partial charge in [-0.15, -0.1) is 11.3 Å². The van der Waals surface area contributed by atoms with Crippen LogP contribution >= 0.6 is 11.3 Å². The molecule has 0 aliphatic carbocycles. The van der Waals surface area contributed by atoms with Gasteiger partial charge in [0.2, 0.25) is 0 Å². The molecule has 1 aromatic rings. The van der Waals surface area contributed by atoms with E-state index < -0.39 is 0 Å². The quantitative estimate of drug-likeness (QED) is 0.542. The zero-order valence-electron chi connectivity index (χ0n) is 13.8. The lowest BCUT2D eigenvalue weighted by Crippen LogP contribution is -2.41. The van der Waals surface area contributed by atoms with E-state index in [1.165, 1.54) is 17.7 Å². The van der Waals surface area contributed by atoms with Crippen molar-refractivity contribution < 1.29 is 0 Å². The highest BCUT2D eigenvalue weighted by atomic mass is 32.1. The molecule has 1 rings (SSSR count). The summed E-state index contributed by atoms with van der Waals surface area (Å²) in [6.07, 6.45) is 4.40. The van der Waals surface area contributed by atoms with Gasteiger partial charge in [0.1, 0.15) is 5.01 Å². The zero-order chi connectivity index (χ0) is 15.5. The summed E-state index contributed by atoms with van der Waals surface area (Å²) in [5.41, 5.74) is 0. The fourth-order valence-electron chi connectivity index (χ4n) is 1.87. The molecule has 0 saturated carbocycles. The van der Waals surface area contributed by atoms with E-state index >= 15 is 0 Å². The maximum absolute atomic E-state index is 4.58. The number of hydrogen-bond acceptors (Lipinski definition) is 4. The molecule has 0 bridgehead atoms. The molecule has 2 N–H and O–H groups in total. The number of hydrogen-bond donors (Lipinski definition) is 2. The molecule has 0 unspecified atom stereocenters. The second-order valence-corrected chi connectivity index (χ2v) is 6.46. The first-order chi connectivity index (χ1) is 10.2. The van der Waals surface area contributed by atoms with Crippen molar-refractivity contribution in [1.82, 2.24) is 20.5 Å². The summed E-state index contributed by atoms with van der Waals surface area (Å²) < 4.78 is 0. The first-order valence-corrected chi connectivity index (χ1v) is 8.59. The van der Waals surface area contributed by atoms with Gasteiger partial charge < -0.3 is 15.5 Å². The van der Waals surface area contributed by atoms with Crippen LogP contribution in [0.1, 0.15) is 36.6 Å². The Labute approximate surface area is 132 Å². The number of guanidine groups is 1. The third-order valence-corrected chi connectivity index (χ3v) is 3.96. The maximum Gasteiger partial charge on any atom is 0.191 e. The summed E-state index contributed by atoms with van der Waals surface area (Å²) >= 11 is 1.70. The fraction of sp³-hybridized carbons (Fsp3) is 0.733. The molecular weight excluding hydrogens is 282 g/mol. The van der Waals surface area contributed by atoms with E-state index in [9.17, 15) is 0 Å². The van der Waals surface area contributed by atoms with E-state index in [0.29, 0.717) is 6.54 Å². The number of rotatable bonds is 9. The lowest BCUT2D eigenvalue weighted by atomic mass is 10.3. The van der Waals surface area contributed by atoms with Gasteiger partial charge >= 0.3 is 0 Å². The molecule has 120 valence electrons. The summed E-state index contributed by atoms with van der Waals surface area (Å²) in [5.74, 6) is 0.870. The third-order valence-electron chi connectivity index (χ3n) is 3.07. The third kappa shape index (κ3) is 8.02. The SMILES string of the molecule is CCCCN(C)CCNC(=NCc1ncc(C)s1)NCC. The first-order valence-electron chi connectivity index (χ1n) is 7.77. The van der Waals surface area contributed by atoms with Crippen LogP contribution in [-0.4, -0.2) is 49.1 Å². The molecule has 6 heteroatoms. The van der Waals surface area contributed by atoms with Crippen molar-refractivity contribution >= 4 is 17.3 Å². The Bertz CT molecular complexity index is 416. The molecule has 0 aliphatic rings. The number of nitrogens with zero attached hydrogens (tertiary/aromatic N) is 3. The van der Waals surface area contributed by atoms with Gasteiger partial charge in [-0.2, -0.15) is 0 Å². The molecule has 21 heavy (non-hydrogen) atoms. The van der Waals surface area contributed by atoms with Gasteiger partial charge in [0.05, 0.1) is 6.54 Å². The van der Waals surface area contributed by atoms with Crippen molar-refractivity contribution in [3.05, 3.63) is 16.1 Å². The Balaban J connectivity index is 2.35. The number of aryl methyl sites for hydroxylation is 1. The van der Waals surface area contributed by atoms with Gasteiger partial charge in [0, 0.05) is 30.7 Å². The Morgan fingerprint density at radius 3 is 2.76 bits per heavy atom. The zero-order valence-corrected chi connectivity index (χ0v) is 14.6. The van der Waals surface area contributed by atoms with Gasteiger partial charge in [-0.1, -0.05) is 13.3 Å². The maximum atomic E-state index is 4.58. The molecule has 0 radical (unpaired) electrons. The highest BCUT2D eigenvalue weighted by Crippen LogP contribution is 2.11. The van der Waals surface area contributed by atoms with Gasteiger partial charge in [0.25, 0.3) is 0 Å². The van der Waals surface area contributed by atoms with Crippen LogP contribution in [-0.2, 0) is 6.54 Å². The van der Waals surface area contributed by atoms with Crippen LogP contribution in [0.15, 0.2) is 11.2 Å². The second kappa shape index (κ2) is 10.6. The topological polar surface area (TPSA) is 52.5 Å². The summed E-state index contributed by atoms with van der Waals surface area (Å²) in [4.78, 5) is 12.5. The average molecular weight is 311 g/mol. The highest BCUT2D eigenvalue weighted by Gasteiger charge is 2.01. The van der Waals surface area contributed by atoms with E-state index in [-0.39, 0.29) is 0 Å². The molecule has 5 nitrogen and oxygen atoms in total. The fourth-order valence-corrected chi connectivity index (χ4v) is 2.58. The molecule has 0 fully saturated rings. The smallest absolute Gasteiger partial charge is 0.191 e. The van der Waals surface area contributed by atoms with Crippen molar-refractivity contribution in [3.8, 4) is 0 Å². The van der Waals surface area contributed by atoms with E-state index in [1.54, 1.807) is 11.3 Å². The first kappa shape index (κ1) is 17.9. The Morgan fingerprint density at radius 2 is 2.14 bits per heavy atom. The van der Waals surface area contributed by atoms with Crippen LogP contribution in [0.3, 0.4) is 0 Å². The summed E-state index contributed by atoms with van der Waals surface area (Å²) in [6.45, 7) is 11.0. The summed E-state index contributed by atoms with van der Waals surface area (Å²) in [6, 6.07) is 0. The van der Waals surface area contributed by atoms with E-state index in [4.69, 9.17) is 0 Å². The molecule has 0 amide bonds. The largest absolute Gasteiger partial charge is 0.357 e. The standard InChI is InChI=1S/C15H29N5S/c1-5-7-9-20(4)10-8-17-15(16-6-2)19-12-14-18-11-13(3)21-14/h11H,5-10,12H2,1-4H3,(H2,16,17,19). The predicted molar refractivity (Wildman–Crippen MR) is 92.1 cm³/mol. The lowest BCUT2D eigenvalue weighted by Gasteiger charge is -2.17. The van der Waals surface area contributed by atoms with Crippen LogP contribution in [0.2, 0.25) is 0 Å². The molecule has 0 aromatic carbocycles. The van der Waals surface area contributed by atoms with Crippen LogP contribution in [0.25, 0.3) is 0 Å². The minimum atomic E-state index is 0.638. The number of nitrogens with one attached hydrogen (secondary N) is 2. The van der Waals surface area contributed by atoms with Gasteiger partial charge in [-0.3, -0.25) is 0 Å². The number of aromatic nitrogens is 1. The lowest BCUT2D eigenvalue weighted by molar-refractivity contribution is 0.332. The summed E-state index contributed by atoms with van der Waals surface area (Å²) in [7, 11) is 2.17. The molecule has 0 atom stereocenters. The minimum Gasteiger partial charge on any atom is -0.357 e. The van der Waals surface area contributed by atoms with Crippen molar-refractivity contribution in [3.63, 3.8) is 0 Å². The van der Waals surface area contributed by atoms with Crippen molar-refractivity contribution in [1.29, 1.82) is 0 Å². The molecule has 1 heterocycles. The normalized spacial score (nSPS) is 12.0. The van der Waals surface area contributed by atoms with Gasteiger partial charge in [0.15, 0.2) is 5.96 Å². The van der Waals surface area contributed by atoms with Gasteiger partial charge in [-0.05, 0) is 33.9 Å². The van der Waals surface area contributed by atoms with Crippen LogP contribution in [0, 0.1) is 6.92 Å². The van der Waals surface area contributed by atoms with Crippen molar-refractivity contribution in [2.75, 3.05) is 33.2 Å². The number of thiazole rings is 1. The van der Waals surface area contributed by atoms with Gasteiger partial charge in [-0.25, -0.2) is 9.98 Å². The number of aliphatic imine (C=N–C) groups is 1. The van der Waals surface area contributed by atoms with Crippen LogP contribution in [0.5, 0.6) is 0 Å². The summed E-state index contributed by atoms with van der Waals surface area (Å²) in [5, 5.41) is 7.71. The van der Waals surface area contributed by atoms with E-state index in [2.05, 4.69) is 53.3 Å². The molecule has 1 aromatic heterocycles. The van der Waals surface area contributed by atoms with Crippen LogP contribution in [0.4, 0.5) is 0 Å². The molecule has 0 spiro atoms. The Hall–Kier alpha value is -1.14. The second-order valence-electron chi connectivity index (χ2n) is 5.14. The van der Waals surface area contributed by atoms with E-state index in [0.717, 1.165) is 37.1 Å². The molecule has 0 saturated heterocycles. The minimum absolute atomic E-state index is 0.638. The molecular formula is C15H29N5S. The van der Waals surface area contributed by atoms with Crippen LogP contribution < -0.4 is 10.6 Å². The average Bonchev–Trinajstić information content (AvgIpc) is 2.88. The van der Waals surface area contributed by atoms with Crippen molar-refractivity contribution in [2.24, 2.45) is 4.99 Å². The molecule has 0 aliphatic heterocycles. The predicted octanol–water partition coefficient (Wildman–Crippen LogP) is 2.24. The number of likely N-dealkylation sites (N-methyl/N-ethyl adjacent to an activating group) is 1. The van der Waals surface area contributed by atoms with Crippen molar-refractivity contribution in [2.45, 2.75) is 40.2 Å². The highest BCUT2D eigenvalue weighted by molar-refractivity contribution is 7.11. The van der Waals surface area contributed by atoms with E-state index in [1.807, 2.05) is 6.20 Å². The Morgan fingerprint density at radius 1 is 1.33 bits per heavy atom.